The van der Waals surface area contributed by atoms with Gasteiger partial charge < -0.3 is 4.90 Å². The quantitative estimate of drug-likeness (QED) is 0.709. The topological polar surface area (TPSA) is 81.5 Å². The van der Waals surface area contributed by atoms with Crippen molar-refractivity contribution in [1.82, 2.24) is 9.21 Å². The third-order valence-corrected chi connectivity index (χ3v) is 7.71. The normalized spacial score (nSPS) is 20.4. The second kappa shape index (κ2) is 7.78. The minimum Gasteiger partial charge on any atom is -0.339 e. The van der Waals surface area contributed by atoms with Crippen LogP contribution in [0.25, 0.3) is 0 Å². The van der Waals surface area contributed by atoms with Crippen LogP contribution >= 0.6 is 11.6 Å². The Hall–Kier alpha value is -1.83. The van der Waals surface area contributed by atoms with Crippen LogP contribution in [0.3, 0.4) is 0 Å². The number of nitrogens with zero attached hydrogens (tertiary/aromatic N) is 3. The number of piperazine rings is 1. The summed E-state index contributed by atoms with van der Waals surface area (Å²) in [5.74, 6) is -0.291. The van der Waals surface area contributed by atoms with E-state index in [0.717, 1.165) is 29.3 Å². The molecule has 29 heavy (non-hydrogen) atoms. The first-order chi connectivity index (χ1) is 13.5. The van der Waals surface area contributed by atoms with Gasteiger partial charge in [0.05, 0.1) is 21.6 Å². The summed E-state index contributed by atoms with van der Waals surface area (Å²) in [6.07, 6.45) is -2.20. The predicted molar refractivity (Wildman–Crippen MR) is 98.3 cm³/mol. The van der Waals surface area contributed by atoms with Crippen molar-refractivity contribution in [1.29, 1.82) is 5.26 Å². The first-order valence-corrected chi connectivity index (χ1v) is 10.9. The maximum atomic E-state index is 13.1. The summed E-state index contributed by atoms with van der Waals surface area (Å²) >= 11 is 5.56. The van der Waals surface area contributed by atoms with E-state index in [0.29, 0.717) is 18.9 Å². The zero-order valence-corrected chi connectivity index (χ0v) is 16.9. The van der Waals surface area contributed by atoms with Gasteiger partial charge in [-0.1, -0.05) is 24.4 Å². The SMILES string of the molecule is N#CC1(C(=O)N2CCN(S(=O)(=O)c3ccc(Cl)c(C(F)(F)F)c3)CC2)CCCC1. The van der Waals surface area contributed by atoms with Crippen molar-refractivity contribution in [2.45, 2.75) is 36.8 Å². The number of carbonyl (C=O) groups excluding carboxylic acids is 1. The molecule has 158 valence electrons. The van der Waals surface area contributed by atoms with Crippen molar-refractivity contribution < 1.29 is 26.4 Å². The van der Waals surface area contributed by atoms with Crippen molar-refractivity contribution in [2.24, 2.45) is 5.41 Å². The summed E-state index contributed by atoms with van der Waals surface area (Å²) < 4.78 is 65.8. The Morgan fingerprint density at radius 1 is 1.14 bits per heavy atom. The maximum Gasteiger partial charge on any atom is 0.417 e. The number of hydrogen-bond donors (Lipinski definition) is 0. The Balaban J connectivity index is 1.75. The summed E-state index contributed by atoms with van der Waals surface area (Å²) in [6.45, 7) is 0.0571. The molecular weight excluding hydrogens is 431 g/mol. The van der Waals surface area contributed by atoms with Crippen LogP contribution in [0.5, 0.6) is 0 Å². The van der Waals surface area contributed by atoms with E-state index in [9.17, 15) is 31.6 Å². The van der Waals surface area contributed by atoms with E-state index >= 15 is 0 Å². The van der Waals surface area contributed by atoms with Gasteiger partial charge in [0, 0.05) is 26.2 Å². The molecule has 0 N–H and O–H groups in total. The van der Waals surface area contributed by atoms with Gasteiger partial charge in [-0.15, -0.1) is 0 Å². The van der Waals surface area contributed by atoms with Crippen molar-refractivity contribution in [3.05, 3.63) is 28.8 Å². The molecule has 11 heteroatoms. The summed E-state index contributed by atoms with van der Waals surface area (Å²) in [7, 11) is -4.18. The first kappa shape index (κ1) is 21.9. The molecule has 0 atom stereocenters. The van der Waals surface area contributed by atoms with Gasteiger partial charge in [0.15, 0.2) is 0 Å². The summed E-state index contributed by atoms with van der Waals surface area (Å²) in [4.78, 5) is 13.7. The third-order valence-electron chi connectivity index (χ3n) is 5.49. The molecule has 2 aliphatic rings. The number of nitriles is 1. The summed E-state index contributed by atoms with van der Waals surface area (Å²) in [5.41, 5.74) is -2.26. The average molecular weight is 450 g/mol. The monoisotopic (exact) mass is 449 g/mol. The third kappa shape index (κ3) is 4.09. The van der Waals surface area contributed by atoms with Gasteiger partial charge in [-0.25, -0.2) is 8.42 Å². The van der Waals surface area contributed by atoms with E-state index in [1.165, 1.54) is 4.90 Å². The Kier molecular flexibility index (Phi) is 5.87. The van der Waals surface area contributed by atoms with Crippen LogP contribution in [0, 0.1) is 16.7 Å². The van der Waals surface area contributed by atoms with E-state index in [4.69, 9.17) is 11.6 Å². The lowest BCUT2D eigenvalue weighted by atomic mass is 9.86. The lowest BCUT2D eigenvalue weighted by Gasteiger charge is -2.37. The van der Waals surface area contributed by atoms with Gasteiger partial charge in [0.2, 0.25) is 15.9 Å². The molecule has 1 saturated heterocycles. The lowest BCUT2D eigenvalue weighted by molar-refractivity contribution is -0.140. The molecule has 0 unspecified atom stereocenters. The van der Waals surface area contributed by atoms with Crippen LogP contribution in [-0.4, -0.2) is 49.7 Å². The molecule has 1 aromatic carbocycles. The van der Waals surface area contributed by atoms with Gasteiger partial charge in [-0.05, 0) is 31.0 Å². The van der Waals surface area contributed by atoms with E-state index in [1.807, 2.05) is 0 Å². The second-order valence-electron chi connectivity index (χ2n) is 7.24. The van der Waals surface area contributed by atoms with Crippen molar-refractivity contribution >= 4 is 27.5 Å². The van der Waals surface area contributed by atoms with Crippen molar-refractivity contribution in [3.63, 3.8) is 0 Å². The average Bonchev–Trinajstić information content (AvgIpc) is 3.17. The molecule has 1 aromatic rings. The highest BCUT2D eigenvalue weighted by molar-refractivity contribution is 7.89. The van der Waals surface area contributed by atoms with Gasteiger partial charge >= 0.3 is 6.18 Å². The smallest absolute Gasteiger partial charge is 0.339 e. The van der Waals surface area contributed by atoms with E-state index in [2.05, 4.69) is 6.07 Å². The molecule has 6 nitrogen and oxygen atoms in total. The molecule has 0 radical (unpaired) electrons. The number of alkyl halides is 3. The number of carbonyl (C=O) groups is 1. The van der Waals surface area contributed by atoms with Crippen molar-refractivity contribution in [3.8, 4) is 6.07 Å². The van der Waals surface area contributed by atoms with Crippen LogP contribution < -0.4 is 0 Å². The molecule has 1 amide bonds. The van der Waals surface area contributed by atoms with Gasteiger partial charge in [0.1, 0.15) is 5.41 Å². The zero-order valence-electron chi connectivity index (χ0n) is 15.4. The number of hydrogen-bond acceptors (Lipinski definition) is 4. The minimum absolute atomic E-state index is 0.0560. The standard InChI is InChI=1S/C18H19ClF3N3O3S/c19-15-4-3-13(11-14(15)18(20,21)22)29(27,28)25-9-7-24(8-10-25)16(26)17(12-23)5-1-2-6-17/h3-4,11H,1-2,5-10H2. The number of amides is 1. The van der Waals surface area contributed by atoms with E-state index in [1.54, 1.807) is 0 Å². The molecule has 3 rings (SSSR count). The molecule has 1 heterocycles. The molecule has 2 fully saturated rings. The summed E-state index contributed by atoms with van der Waals surface area (Å²) in [6, 6.07) is 4.60. The molecule has 0 bridgehead atoms. The molecule has 1 aliphatic carbocycles. The highest BCUT2D eigenvalue weighted by atomic mass is 35.5. The largest absolute Gasteiger partial charge is 0.417 e. The Bertz CT molecular complexity index is 945. The van der Waals surface area contributed by atoms with Gasteiger partial charge in [-0.2, -0.15) is 22.7 Å². The fourth-order valence-corrected chi connectivity index (χ4v) is 5.49. The van der Waals surface area contributed by atoms with Crippen LogP contribution in [-0.2, 0) is 21.0 Å². The van der Waals surface area contributed by atoms with Crippen LogP contribution in [0.4, 0.5) is 13.2 Å². The first-order valence-electron chi connectivity index (χ1n) is 9.09. The summed E-state index contributed by atoms with van der Waals surface area (Å²) in [5, 5.41) is 8.88. The molecular formula is C18H19ClF3N3O3S. The Labute approximate surface area is 171 Å². The number of halogens is 4. The number of benzene rings is 1. The highest BCUT2D eigenvalue weighted by Gasteiger charge is 2.45. The van der Waals surface area contributed by atoms with E-state index in [-0.39, 0.29) is 32.1 Å². The highest BCUT2D eigenvalue weighted by Crippen LogP contribution is 2.40. The number of rotatable bonds is 3. The fraction of sp³-hybridized carbons (Fsp3) is 0.556. The van der Waals surface area contributed by atoms with Crippen LogP contribution in [0.2, 0.25) is 5.02 Å². The number of sulfonamides is 1. The van der Waals surface area contributed by atoms with Gasteiger partial charge in [0.25, 0.3) is 0 Å². The Morgan fingerprint density at radius 2 is 1.72 bits per heavy atom. The van der Waals surface area contributed by atoms with Gasteiger partial charge in [-0.3, -0.25) is 4.79 Å². The lowest BCUT2D eigenvalue weighted by Crippen LogP contribution is -2.53. The molecule has 1 aliphatic heterocycles. The minimum atomic E-state index is -4.78. The van der Waals surface area contributed by atoms with Crippen LogP contribution in [0.15, 0.2) is 23.1 Å². The van der Waals surface area contributed by atoms with E-state index < -0.39 is 37.1 Å². The zero-order chi connectivity index (χ0) is 21.4. The molecule has 1 saturated carbocycles. The second-order valence-corrected chi connectivity index (χ2v) is 9.58. The van der Waals surface area contributed by atoms with Crippen LogP contribution in [0.1, 0.15) is 31.2 Å². The fourth-order valence-electron chi connectivity index (χ4n) is 3.82. The molecule has 0 aromatic heterocycles. The maximum absolute atomic E-state index is 13.1. The van der Waals surface area contributed by atoms with Crippen molar-refractivity contribution in [2.75, 3.05) is 26.2 Å². The Morgan fingerprint density at radius 3 is 2.24 bits per heavy atom. The molecule has 0 spiro atoms. The predicted octanol–water partition coefficient (Wildman–Crippen LogP) is 3.28.